The molecule has 0 aliphatic heterocycles. The van der Waals surface area contributed by atoms with Crippen LogP contribution in [0.3, 0.4) is 0 Å². The molecule has 0 bridgehead atoms. The molecular formula is C14H23N3O2. The smallest absolute Gasteiger partial charge is 0.270 e. The van der Waals surface area contributed by atoms with Crippen molar-refractivity contribution >= 4 is 11.7 Å². The number of nitrogens with zero attached hydrogens (tertiary/aromatic N) is 1. The number of pyridine rings is 1. The van der Waals surface area contributed by atoms with Crippen molar-refractivity contribution in [3.8, 4) is 0 Å². The maximum Gasteiger partial charge on any atom is 0.270 e. The fourth-order valence-electron chi connectivity index (χ4n) is 1.59. The first-order valence-electron chi connectivity index (χ1n) is 6.61. The van der Waals surface area contributed by atoms with E-state index in [1.54, 1.807) is 19.2 Å². The number of hydrogen-bond donors (Lipinski definition) is 2. The molecule has 1 aromatic heterocycles. The Morgan fingerprint density at radius 2 is 2.16 bits per heavy atom. The maximum absolute atomic E-state index is 12.1. The van der Waals surface area contributed by atoms with Crippen molar-refractivity contribution in [3.05, 3.63) is 23.9 Å². The Morgan fingerprint density at radius 3 is 2.74 bits per heavy atom. The quantitative estimate of drug-likeness (QED) is 0.790. The lowest BCUT2D eigenvalue weighted by Crippen LogP contribution is -2.42. The van der Waals surface area contributed by atoms with Gasteiger partial charge in [0.25, 0.3) is 5.91 Å². The monoisotopic (exact) mass is 265 g/mol. The zero-order valence-electron chi connectivity index (χ0n) is 12.1. The molecule has 106 valence electrons. The van der Waals surface area contributed by atoms with Gasteiger partial charge in [0, 0.05) is 13.7 Å². The van der Waals surface area contributed by atoms with Gasteiger partial charge in [0.1, 0.15) is 11.5 Å². The molecule has 0 spiro atoms. The highest BCUT2D eigenvalue weighted by Gasteiger charge is 2.18. The van der Waals surface area contributed by atoms with Crippen LogP contribution in [0.5, 0.6) is 0 Å². The SMILES string of the molecule is CCOCC(NC(=O)c1cccc(NC)n1)C(C)C. The minimum Gasteiger partial charge on any atom is -0.380 e. The van der Waals surface area contributed by atoms with Gasteiger partial charge in [0.05, 0.1) is 12.6 Å². The summed E-state index contributed by atoms with van der Waals surface area (Å²) < 4.78 is 5.39. The number of carbonyl (C=O) groups is 1. The van der Waals surface area contributed by atoms with Crippen LogP contribution in [0.1, 0.15) is 31.3 Å². The highest BCUT2D eigenvalue weighted by Crippen LogP contribution is 2.07. The number of amides is 1. The van der Waals surface area contributed by atoms with Gasteiger partial charge in [-0.25, -0.2) is 4.98 Å². The molecule has 0 aliphatic carbocycles. The Morgan fingerprint density at radius 1 is 1.42 bits per heavy atom. The van der Waals surface area contributed by atoms with Crippen LogP contribution in [0.25, 0.3) is 0 Å². The third kappa shape index (κ3) is 4.87. The third-order valence-electron chi connectivity index (χ3n) is 2.86. The largest absolute Gasteiger partial charge is 0.380 e. The molecule has 1 aromatic rings. The molecule has 5 heteroatoms. The first kappa shape index (κ1) is 15.4. The Balaban J connectivity index is 2.69. The third-order valence-corrected chi connectivity index (χ3v) is 2.86. The van der Waals surface area contributed by atoms with Crippen LogP contribution >= 0.6 is 0 Å². The van der Waals surface area contributed by atoms with Crippen molar-refractivity contribution < 1.29 is 9.53 Å². The van der Waals surface area contributed by atoms with Crippen molar-refractivity contribution in [1.82, 2.24) is 10.3 Å². The Hall–Kier alpha value is -1.62. The van der Waals surface area contributed by atoms with Crippen molar-refractivity contribution in [1.29, 1.82) is 0 Å². The molecule has 1 unspecified atom stereocenters. The lowest BCUT2D eigenvalue weighted by atomic mass is 10.1. The molecule has 0 saturated heterocycles. The molecule has 0 aromatic carbocycles. The van der Waals surface area contributed by atoms with Gasteiger partial charge in [-0.15, -0.1) is 0 Å². The number of ether oxygens (including phenoxy) is 1. The summed E-state index contributed by atoms with van der Waals surface area (Å²) in [5.41, 5.74) is 0.411. The number of carbonyl (C=O) groups excluding carboxylic acids is 1. The van der Waals surface area contributed by atoms with Gasteiger partial charge in [-0.3, -0.25) is 4.79 Å². The first-order valence-corrected chi connectivity index (χ1v) is 6.61. The average molecular weight is 265 g/mol. The first-order chi connectivity index (χ1) is 9.08. The van der Waals surface area contributed by atoms with Gasteiger partial charge in [-0.1, -0.05) is 19.9 Å². The van der Waals surface area contributed by atoms with Gasteiger partial charge in [0.2, 0.25) is 0 Å². The highest BCUT2D eigenvalue weighted by atomic mass is 16.5. The fraction of sp³-hybridized carbons (Fsp3) is 0.571. The lowest BCUT2D eigenvalue weighted by molar-refractivity contribution is 0.0802. The molecule has 0 aliphatic rings. The van der Waals surface area contributed by atoms with Gasteiger partial charge < -0.3 is 15.4 Å². The predicted octanol–water partition coefficient (Wildman–Crippen LogP) is 1.91. The number of rotatable bonds is 7. The van der Waals surface area contributed by atoms with Crippen molar-refractivity contribution in [2.45, 2.75) is 26.8 Å². The summed E-state index contributed by atoms with van der Waals surface area (Å²) in [7, 11) is 1.77. The van der Waals surface area contributed by atoms with Crippen molar-refractivity contribution in [2.24, 2.45) is 5.92 Å². The molecule has 0 saturated carbocycles. The molecule has 0 radical (unpaired) electrons. The number of anilines is 1. The number of aromatic nitrogens is 1. The summed E-state index contributed by atoms with van der Waals surface area (Å²) in [6.07, 6.45) is 0. The summed E-state index contributed by atoms with van der Waals surface area (Å²) in [5, 5.41) is 5.88. The highest BCUT2D eigenvalue weighted by molar-refractivity contribution is 5.92. The molecule has 1 amide bonds. The second-order valence-electron chi connectivity index (χ2n) is 4.64. The topological polar surface area (TPSA) is 63.2 Å². The number of nitrogens with one attached hydrogen (secondary N) is 2. The summed E-state index contributed by atoms with van der Waals surface area (Å²) in [4.78, 5) is 16.4. The molecule has 1 rings (SSSR count). The van der Waals surface area contributed by atoms with E-state index in [-0.39, 0.29) is 11.9 Å². The Labute approximate surface area is 114 Å². The van der Waals surface area contributed by atoms with Crippen LogP contribution in [0.15, 0.2) is 18.2 Å². The zero-order chi connectivity index (χ0) is 14.3. The summed E-state index contributed by atoms with van der Waals surface area (Å²) in [6.45, 7) is 7.22. The maximum atomic E-state index is 12.1. The summed E-state index contributed by atoms with van der Waals surface area (Å²) >= 11 is 0. The number of hydrogen-bond acceptors (Lipinski definition) is 4. The van der Waals surface area contributed by atoms with Crippen molar-refractivity contribution in [3.63, 3.8) is 0 Å². The Bertz CT molecular complexity index is 407. The van der Waals surface area contributed by atoms with Gasteiger partial charge in [-0.2, -0.15) is 0 Å². The van der Waals surface area contributed by atoms with Crippen LogP contribution in [0.4, 0.5) is 5.82 Å². The van der Waals surface area contributed by atoms with E-state index in [1.807, 2.05) is 13.0 Å². The minimum absolute atomic E-state index is 0.00695. The molecule has 19 heavy (non-hydrogen) atoms. The standard InChI is InChI=1S/C14H23N3O2/c1-5-19-9-12(10(2)3)17-14(18)11-7-6-8-13(15-4)16-11/h6-8,10,12H,5,9H2,1-4H3,(H,15,16)(H,17,18). The predicted molar refractivity (Wildman–Crippen MR) is 76.4 cm³/mol. The molecule has 0 fully saturated rings. The van der Waals surface area contributed by atoms with Crippen LogP contribution in [0.2, 0.25) is 0 Å². The van der Waals surface area contributed by atoms with Gasteiger partial charge in [-0.05, 0) is 25.0 Å². The van der Waals surface area contributed by atoms with Crippen LogP contribution in [0, 0.1) is 5.92 Å². The normalized spacial score (nSPS) is 12.3. The Kier molecular flexibility index (Phi) is 6.29. The van der Waals surface area contributed by atoms with E-state index in [0.29, 0.717) is 30.6 Å². The molecule has 5 nitrogen and oxygen atoms in total. The molecular weight excluding hydrogens is 242 g/mol. The molecule has 2 N–H and O–H groups in total. The van der Waals surface area contributed by atoms with E-state index in [9.17, 15) is 4.79 Å². The van der Waals surface area contributed by atoms with Crippen LogP contribution in [-0.4, -0.2) is 37.2 Å². The summed E-state index contributed by atoms with van der Waals surface area (Å²) in [6, 6.07) is 5.32. The van der Waals surface area contributed by atoms with E-state index in [1.165, 1.54) is 0 Å². The van der Waals surface area contributed by atoms with Gasteiger partial charge >= 0.3 is 0 Å². The van der Waals surface area contributed by atoms with E-state index in [0.717, 1.165) is 0 Å². The lowest BCUT2D eigenvalue weighted by Gasteiger charge is -2.22. The molecule has 1 heterocycles. The van der Waals surface area contributed by atoms with E-state index >= 15 is 0 Å². The average Bonchev–Trinajstić information content (AvgIpc) is 2.42. The van der Waals surface area contributed by atoms with Crippen LogP contribution in [-0.2, 0) is 4.74 Å². The van der Waals surface area contributed by atoms with E-state index in [4.69, 9.17) is 4.74 Å². The van der Waals surface area contributed by atoms with Gasteiger partial charge in [0.15, 0.2) is 0 Å². The van der Waals surface area contributed by atoms with Crippen molar-refractivity contribution in [2.75, 3.05) is 25.6 Å². The second kappa shape index (κ2) is 7.74. The summed E-state index contributed by atoms with van der Waals surface area (Å²) in [5.74, 6) is 0.817. The van der Waals surface area contributed by atoms with E-state index in [2.05, 4.69) is 29.5 Å². The fourth-order valence-corrected chi connectivity index (χ4v) is 1.59. The zero-order valence-corrected chi connectivity index (χ0v) is 12.1. The minimum atomic E-state index is -0.171. The van der Waals surface area contributed by atoms with Crippen LogP contribution < -0.4 is 10.6 Å². The molecule has 1 atom stereocenters. The van der Waals surface area contributed by atoms with E-state index < -0.39 is 0 Å². The second-order valence-corrected chi connectivity index (χ2v) is 4.64.